The first kappa shape index (κ1) is 19.0. The van der Waals surface area contributed by atoms with Gasteiger partial charge in [0.15, 0.2) is 5.65 Å². The average Bonchev–Trinajstić information content (AvgIpc) is 2.93. The fraction of sp³-hybridized carbons (Fsp3) is 0.429. The Morgan fingerprint density at radius 1 is 1.22 bits per heavy atom. The van der Waals surface area contributed by atoms with Crippen molar-refractivity contribution in [3.05, 3.63) is 46.9 Å². The second-order valence-corrected chi connectivity index (χ2v) is 8.24. The maximum absolute atomic E-state index is 13.2. The number of fused-ring (bicyclic) bond motifs is 1. The molecule has 0 spiro atoms. The topological polar surface area (TPSA) is 72.7 Å². The maximum atomic E-state index is 13.2. The minimum absolute atomic E-state index is 0.192. The Balaban J connectivity index is 2.21. The number of nitrogens with one attached hydrogen (secondary N) is 1. The van der Waals surface area contributed by atoms with E-state index in [4.69, 9.17) is 4.98 Å². The summed E-state index contributed by atoms with van der Waals surface area (Å²) in [6.07, 6.45) is 1.67. The van der Waals surface area contributed by atoms with Gasteiger partial charge in [0.25, 0.3) is 5.91 Å². The normalized spacial score (nSPS) is 12.0. The van der Waals surface area contributed by atoms with Crippen molar-refractivity contribution in [3.8, 4) is 0 Å². The molecular formula is C21H27N5O. The zero-order valence-electron chi connectivity index (χ0n) is 17.1. The molecule has 0 aliphatic heterocycles. The highest BCUT2D eigenvalue weighted by Gasteiger charge is 2.25. The first-order chi connectivity index (χ1) is 12.6. The van der Waals surface area contributed by atoms with Crippen LogP contribution in [0.2, 0.25) is 0 Å². The van der Waals surface area contributed by atoms with Crippen LogP contribution in [-0.4, -0.2) is 25.7 Å². The number of carbonyl (C=O) groups excluding carboxylic acids is 1. The Hall–Kier alpha value is -2.76. The quantitative estimate of drug-likeness (QED) is 0.738. The molecule has 0 aliphatic carbocycles. The lowest BCUT2D eigenvalue weighted by Gasteiger charge is -2.20. The third kappa shape index (κ3) is 3.56. The predicted octanol–water partition coefficient (Wildman–Crippen LogP) is 4.57. The van der Waals surface area contributed by atoms with E-state index in [0.29, 0.717) is 11.4 Å². The Morgan fingerprint density at radius 2 is 1.93 bits per heavy atom. The lowest BCUT2D eigenvalue weighted by Crippen LogP contribution is -2.24. The molecule has 3 aromatic heterocycles. The summed E-state index contributed by atoms with van der Waals surface area (Å²) >= 11 is 0. The molecule has 1 N–H and O–H groups in total. The molecule has 0 radical (unpaired) electrons. The molecule has 142 valence electrons. The summed E-state index contributed by atoms with van der Waals surface area (Å²) < 4.78 is 1.91. The SMILES string of the molecule is Cc1cccnc1NC(=O)c1cc(C(C)C)nc2c1c(C)nn2C(C)(C)C. The highest BCUT2D eigenvalue weighted by molar-refractivity contribution is 6.12. The molecule has 0 fully saturated rings. The number of aryl methyl sites for hydroxylation is 2. The Kier molecular flexibility index (Phi) is 4.76. The van der Waals surface area contributed by atoms with Crippen LogP contribution in [0, 0.1) is 13.8 Å². The van der Waals surface area contributed by atoms with Crippen LogP contribution in [0.15, 0.2) is 24.4 Å². The summed E-state index contributed by atoms with van der Waals surface area (Å²) in [7, 11) is 0. The number of anilines is 1. The van der Waals surface area contributed by atoms with Crippen molar-refractivity contribution in [3.63, 3.8) is 0 Å². The first-order valence-electron chi connectivity index (χ1n) is 9.23. The zero-order chi connectivity index (χ0) is 19.9. The Labute approximate surface area is 160 Å². The summed E-state index contributed by atoms with van der Waals surface area (Å²) in [5.41, 5.74) is 3.68. The number of carbonyl (C=O) groups is 1. The van der Waals surface area contributed by atoms with E-state index in [9.17, 15) is 4.79 Å². The van der Waals surface area contributed by atoms with Gasteiger partial charge in [0.1, 0.15) is 5.82 Å². The van der Waals surface area contributed by atoms with Gasteiger partial charge in [-0.2, -0.15) is 5.10 Å². The number of hydrogen-bond donors (Lipinski definition) is 1. The molecule has 3 heterocycles. The Morgan fingerprint density at radius 3 is 2.52 bits per heavy atom. The van der Waals surface area contributed by atoms with E-state index in [-0.39, 0.29) is 17.4 Å². The van der Waals surface area contributed by atoms with Crippen molar-refractivity contribution in [1.82, 2.24) is 19.7 Å². The van der Waals surface area contributed by atoms with Crippen LogP contribution in [0.1, 0.15) is 67.8 Å². The van der Waals surface area contributed by atoms with Crippen molar-refractivity contribution in [2.24, 2.45) is 0 Å². The van der Waals surface area contributed by atoms with Crippen molar-refractivity contribution < 1.29 is 4.79 Å². The van der Waals surface area contributed by atoms with Gasteiger partial charge in [0.2, 0.25) is 0 Å². The highest BCUT2D eigenvalue weighted by atomic mass is 16.1. The predicted molar refractivity (Wildman–Crippen MR) is 108 cm³/mol. The average molecular weight is 365 g/mol. The molecule has 0 saturated carbocycles. The standard InChI is InChI=1S/C21H27N5O/c1-12(2)16-11-15(20(27)24-18-13(3)9-8-10-22-18)17-14(4)25-26(19(17)23-16)21(5,6)7/h8-12H,1-7H3,(H,22,24,27). The third-order valence-corrected chi connectivity index (χ3v) is 4.55. The highest BCUT2D eigenvalue weighted by Crippen LogP contribution is 2.29. The molecule has 3 aromatic rings. The lowest BCUT2D eigenvalue weighted by atomic mass is 10.0. The van der Waals surface area contributed by atoms with E-state index >= 15 is 0 Å². The molecule has 0 atom stereocenters. The van der Waals surface area contributed by atoms with Gasteiger partial charge in [-0.3, -0.25) is 4.79 Å². The summed E-state index contributed by atoms with van der Waals surface area (Å²) in [6.45, 7) is 14.2. The first-order valence-corrected chi connectivity index (χ1v) is 9.23. The van der Waals surface area contributed by atoms with Gasteiger partial charge in [-0.1, -0.05) is 19.9 Å². The molecule has 27 heavy (non-hydrogen) atoms. The van der Waals surface area contributed by atoms with Gasteiger partial charge in [-0.05, 0) is 58.2 Å². The molecule has 1 amide bonds. The molecule has 3 rings (SSSR count). The molecule has 0 saturated heterocycles. The van der Waals surface area contributed by atoms with E-state index in [1.807, 2.05) is 36.7 Å². The van der Waals surface area contributed by atoms with Crippen LogP contribution in [-0.2, 0) is 5.54 Å². The third-order valence-electron chi connectivity index (χ3n) is 4.55. The van der Waals surface area contributed by atoms with E-state index in [1.165, 1.54) is 0 Å². The number of hydrogen-bond acceptors (Lipinski definition) is 4. The number of pyridine rings is 2. The van der Waals surface area contributed by atoms with Gasteiger partial charge in [0, 0.05) is 11.9 Å². The van der Waals surface area contributed by atoms with Crippen molar-refractivity contribution >= 4 is 22.8 Å². The molecule has 6 nitrogen and oxygen atoms in total. The monoisotopic (exact) mass is 365 g/mol. The summed E-state index contributed by atoms with van der Waals surface area (Å²) in [4.78, 5) is 22.3. The maximum Gasteiger partial charge on any atom is 0.257 e. The number of amides is 1. The zero-order valence-corrected chi connectivity index (χ0v) is 17.1. The number of nitrogens with zero attached hydrogens (tertiary/aromatic N) is 4. The smallest absolute Gasteiger partial charge is 0.257 e. The molecule has 6 heteroatoms. The molecule has 0 aromatic carbocycles. The number of aromatic nitrogens is 4. The van der Waals surface area contributed by atoms with Crippen LogP contribution >= 0.6 is 0 Å². The van der Waals surface area contributed by atoms with Gasteiger partial charge in [-0.15, -0.1) is 0 Å². The molecule has 0 aliphatic rings. The fourth-order valence-electron chi connectivity index (χ4n) is 3.04. The van der Waals surface area contributed by atoms with Crippen molar-refractivity contribution in [2.75, 3.05) is 5.32 Å². The lowest BCUT2D eigenvalue weighted by molar-refractivity contribution is 0.102. The van der Waals surface area contributed by atoms with E-state index in [0.717, 1.165) is 28.0 Å². The van der Waals surface area contributed by atoms with Crippen LogP contribution in [0.3, 0.4) is 0 Å². The van der Waals surface area contributed by atoms with Crippen LogP contribution in [0.4, 0.5) is 5.82 Å². The second kappa shape index (κ2) is 6.76. The van der Waals surface area contributed by atoms with E-state index in [2.05, 4.69) is 50.0 Å². The van der Waals surface area contributed by atoms with Gasteiger partial charge in [-0.25, -0.2) is 14.6 Å². The molecule has 0 unspecified atom stereocenters. The summed E-state index contributed by atoms with van der Waals surface area (Å²) in [5, 5.41) is 8.42. The summed E-state index contributed by atoms with van der Waals surface area (Å²) in [5.74, 6) is 0.572. The number of rotatable bonds is 3. The second-order valence-electron chi connectivity index (χ2n) is 8.24. The van der Waals surface area contributed by atoms with Gasteiger partial charge in [0.05, 0.1) is 22.2 Å². The minimum atomic E-state index is -0.236. The largest absolute Gasteiger partial charge is 0.306 e. The minimum Gasteiger partial charge on any atom is -0.306 e. The van der Waals surface area contributed by atoms with E-state index < -0.39 is 0 Å². The fourth-order valence-corrected chi connectivity index (χ4v) is 3.04. The van der Waals surface area contributed by atoms with E-state index in [1.54, 1.807) is 6.20 Å². The molecule has 0 bridgehead atoms. The van der Waals surface area contributed by atoms with Crippen LogP contribution < -0.4 is 5.32 Å². The van der Waals surface area contributed by atoms with Gasteiger partial charge < -0.3 is 5.32 Å². The van der Waals surface area contributed by atoms with Crippen molar-refractivity contribution in [1.29, 1.82) is 0 Å². The van der Waals surface area contributed by atoms with Crippen molar-refractivity contribution in [2.45, 2.75) is 59.9 Å². The van der Waals surface area contributed by atoms with Crippen LogP contribution in [0.5, 0.6) is 0 Å². The van der Waals surface area contributed by atoms with Crippen LogP contribution in [0.25, 0.3) is 11.0 Å². The molecular weight excluding hydrogens is 338 g/mol. The van der Waals surface area contributed by atoms with Gasteiger partial charge >= 0.3 is 0 Å². The Bertz CT molecular complexity index is 1010. The summed E-state index contributed by atoms with van der Waals surface area (Å²) in [6, 6.07) is 5.65.